The molecule has 20 heavy (non-hydrogen) atoms. The molecule has 2 saturated carbocycles. The van der Waals surface area contributed by atoms with E-state index < -0.39 is 0 Å². The van der Waals surface area contributed by atoms with Crippen molar-refractivity contribution in [1.82, 2.24) is 0 Å². The number of benzene rings is 1. The van der Waals surface area contributed by atoms with Crippen LogP contribution in [-0.4, -0.2) is 6.21 Å². The molecule has 0 unspecified atom stereocenters. The third-order valence-corrected chi connectivity index (χ3v) is 2.69. The van der Waals surface area contributed by atoms with Crippen LogP contribution >= 0.6 is 11.6 Å². The van der Waals surface area contributed by atoms with Gasteiger partial charge in [0.25, 0.3) is 0 Å². The molecule has 2 aliphatic rings. The van der Waals surface area contributed by atoms with Crippen molar-refractivity contribution < 1.29 is 17.1 Å². The van der Waals surface area contributed by atoms with E-state index in [4.69, 9.17) is 11.6 Å². The number of hydrogen-bond acceptors (Lipinski definition) is 1. The van der Waals surface area contributed by atoms with Gasteiger partial charge in [0.05, 0.1) is 5.69 Å². The molecule has 0 aliphatic heterocycles. The van der Waals surface area contributed by atoms with Gasteiger partial charge in [-0.15, -0.1) is 0 Å². The van der Waals surface area contributed by atoms with Gasteiger partial charge in [-0.3, -0.25) is 4.99 Å². The number of halogens is 1. The van der Waals surface area contributed by atoms with Crippen LogP contribution in [0.25, 0.3) is 0 Å². The fourth-order valence-corrected chi connectivity index (χ4v) is 1.60. The standard InChI is InChI=1S/C12H9ClN.C5H5.Fe/c13-11-5-7-12(8-6-11)14-9-10-3-1-2-4-10;1-2-4-5-3-1;/h1-9H;1-5H;. The first-order chi connectivity index (χ1) is 9.34. The summed E-state index contributed by atoms with van der Waals surface area (Å²) in [7, 11) is 0. The van der Waals surface area contributed by atoms with Gasteiger partial charge in [-0.05, 0) is 82.1 Å². The molecule has 0 bridgehead atoms. The normalized spacial score (nSPS) is 18.6. The predicted octanol–water partition coefficient (Wildman–Crippen LogP) is 4.47. The molecule has 1 aromatic rings. The quantitative estimate of drug-likeness (QED) is 0.562. The van der Waals surface area contributed by atoms with Gasteiger partial charge < -0.3 is 0 Å². The SMILES string of the molecule is Clc1ccc(N=C[C]2[CH][CH][CH][CH]2)cc1.[CH]1[CH][CH][CH][CH]1.[Fe]. The van der Waals surface area contributed by atoms with E-state index in [2.05, 4.69) is 4.99 Å². The third-order valence-electron chi connectivity index (χ3n) is 2.43. The second-order valence-corrected chi connectivity index (χ2v) is 4.35. The molecule has 0 saturated heterocycles. The predicted molar refractivity (Wildman–Crippen MR) is 81.5 cm³/mol. The van der Waals surface area contributed by atoms with Crippen molar-refractivity contribution in [3.63, 3.8) is 0 Å². The Labute approximate surface area is 138 Å². The fraction of sp³-hybridized carbons (Fsp3) is 0. The van der Waals surface area contributed by atoms with Crippen LogP contribution in [-0.2, 0) is 17.1 Å². The van der Waals surface area contributed by atoms with E-state index in [1.54, 1.807) is 0 Å². The first-order valence-electron chi connectivity index (χ1n) is 6.02. The minimum absolute atomic E-state index is 0. The maximum absolute atomic E-state index is 5.76. The number of nitrogens with zero attached hydrogens (tertiary/aromatic N) is 1. The molecule has 102 valence electrons. The molecule has 0 heterocycles. The summed E-state index contributed by atoms with van der Waals surface area (Å²) in [6.45, 7) is 0. The topological polar surface area (TPSA) is 12.4 Å². The molecule has 1 aromatic carbocycles. The molecular weight excluding hydrogens is 309 g/mol. The van der Waals surface area contributed by atoms with Crippen molar-refractivity contribution in [3.8, 4) is 0 Å². The molecule has 0 atom stereocenters. The minimum Gasteiger partial charge on any atom is -0.261 e. The first-order valence-corrected chi connectivity index (χ1v) is 6.40. The van der Waals surface area contributed by atoms with E-state index in [0.717, 1.165) is 16.6 Å². The molecule has 1 nitrogen and oxygen atoms in total. The summed E-state index contributed by atoms with van der Waals surface area (Å²) < 4.78 is 0. The van der Waals surface area contributed by atoms with Gasteiger partial charge in [0.1, 0.15) is 0 Å². The third kappa shape index (κ3) is 6.92. The summed E-state index contributed by atoms with van der Waals surface area (Å²) in [4.78, 5) is 4.31. The Morgan fingerprint density at radius 1 is 0.750 bits per heavy atom. The summed E-state index contributed by atoms with van der Waals surface area (Å²) in [6, 6.07) is 7.45. The molecule has 2 aliphatic carbocycles. The Morgan fingerprint density at radius 2 is 1.25 bits per heavy atom. The fourth-order valence-electron chi connectivity index (χ4n) is 1.47. The van der Waals surface area contributed by atoms with Crippen LogP contribution in [0.1, 0.15) is 0 Å². The van der Waals surface area contributed by atoms with Crippen molar-refractivity contribution in [1.29, 1.82) is 0 Å². The Hall–Kier alpha value is -0.301. The second kappa shape index (κ2) is 10.4. The van der Waals surface area contributed by atoms with Crippen LogP contribution in [0.4, 0.5) is 5.69 Å². The van der Waals surface area contributed by atoms with Crippen molar-refractivity contribution in [2.75, 3.05) is 0 Å². The Bertz CT molecular complexity index is 371. The van der Waals surface area contributed by atoms with Crippen LogP contribution in [0.15, 0.2) is 29.3 Å². The zero-order valence-electron chi connectivity index (χ0n) is 10.8. The maximum Gasteiger partial charge on any atom is 0.0627 e. The average Bonchev–Trinajstić information content (AvgIpc) is 3.14. The van der Waals surface area contributed by atoms with Crippen LogP contribution in [0.5, 0.6) is 0 Å². The van der Waals surface area contributed by atoms with Gasteiger partial charge >= 0.3 is 0 Å². The second-order valence-electron chi connectivity index (χ2n) is 3.92. The van der Waals surface area contributed by atoms with E-state index >= 15 is 0 Å². The van der Waals surface area contributed by atoms with Crippen molar-refractivity contribution in [2.24, 2.45) is 4.99 Å². The maximum atomic E-state index is 5.76. The molecule has 0 aromatic heterocycles. The molecule has 0 spiro atoms. The summed E-state index contributed by atoms with van der Waals surface area (Å²) in [5.74, 6) is 1.11. The van der Waals surface area contributed by atoms with Crippen molar-refractivity contribution in [2.45, 2.75) is 0 Å². The average molecular weight is 324 g/mol. The summed E-state index contributed by atoms with van der Waals surface area (Å²) in [5, 5.41) is 0.734. The van der Waals surface area contributed by atoms with Crippen molar-refractivity contribution in [3.05, 3.63) is 93.0 Å². The van der Waals surface area contributed by atoms with E-state index in [-0.39, 0.29) is 17.1 Å². The Morgan fingerprint density at radius 3 is 1.75 bits per heavy atom. The van der Waals surface area contributed by atoms with Crippen LogP contribution in [0.3, 0.4) is 0 Å². The van der Waals surface area contributed by atoms with Gasteiger partial charge in [0.2, 0.25) is 0 Å². The number of rotatable bonds is 2. The van der Waals surface area contributed by atoms with Crippen LogP contribution in [0, 0.1) is 63.7 Å². The van der Waals surface area contributed by atoms with E-state index in [1.807, 2.05) is 88.3 Å². The van der Waals surface area contributed by atoms with Gasteiger partial charge in [-0.2, -0.15) is 0 Å². The molecule has 0 amide bonds. The molecule has 0 N–H and O–H groups in total. The van der Waals surface area contributed by atoms with Crippen molar-refractivity contribution >= 4 is 23.5 Å². The smallest absolute Gasteiger partial charge is 0.0627 e. The van der Waals surface area contributed by atoms with Gasteiger partial charge in [-0.25, -0.2) is 0 Å². The molecule has 2 fully saturated rings. The zero-order valence-corrected chi connectivity index (χ0v) is 12.6. The first kappa shape index (κ1) is 17.8. The molecule has 3 rings (SSSR count). The monoisotopic (exact) mass is 323 g/mol. The number of hydrogen-bond donors (Lipinski definition) is 0. The van der Waals surface area contributed by atoms with E-state index in [0.29, 0.717) is 0 Å². The van der Waals surface area contributed by atoms with Crippen LogP contribution in [0.2, 0.25) is 5.02 Å². The Balaban J connectivity index is 0.000000283. The molecular formula is C17H14ClFeN. The summed E-state index contributed by atoms with van der Waals surface area (Å²) in [6.07, 6.45) is 19.8. The summed E-state index contributed by atoms with van der Waals surface area (Å²) >= 11 is 5.76. The van der Waals surface area contributed by atoms with Crippen LogP contribution < -0.4 is 0 Å². The molecule has 3 heteroatoms. The van der Waals surface area contributed by atoms with E-state index in [9.17, 15) is 0 Å². The number of aliphatic imine (C=N–C) groups is 1. The Kier molecular flexibility index (Phi) is 9.26. The van der Waals surface area contributed by atoms with Gasteiger partial charge in [0.15, 0.2) is 0 Å². The minimum atomic E-state index is 0. The van der Waals surface area contributed by atoms with Gasteiger partial charge in [0, 0.05) is 34.2 Å². The largest absolute Gasteiger partial charge is 0.261 e. The molecule has 10 radical (unpaired) electrons. The zero-order chi connectivity index (χ0) is 13.3. The van der Waals surface area contributed by atoms with E-state index in [1.165, 1.54) is 0 Å². The summed E-state index contributed by atoms with van der Waals surface area (Å²) in [5.41, 5.74) is 0.913. The van der Waals surface area contributed by atoms with Gasteiger partial charge in [-0.1, -0.05) is 11.6 Å².